The first-order chi connectivity index (χ1) is 8.63. The van der Waals surface area contributed by atoms with E-state index >= 15 is 0 Å². The molecule has 1 aromatic carbocycles. The van der Waals surface area contributed by atoms with Crippen molar-refractivity contribution in [1.82, 2.24) is 0 Å². The molecule has 0 spiro atoms. The second-order valence-corrected chi connectivity index (χ2v) is 6.02. The molecule has 0 aliphatic heterocycles. The zero-order chi connectivity index (χ0) is 12.7. The van der Waals surface area contributed by atoms with Gasteiger partial charge in [0, 0.05) is 12.0 Å². The number of hydrogen-bond acceptors (Lipinski definition) is 1. The van der Waals surface area contributed by atoms with Crippen molar-refractivity contribution in [2.24, 2.45) is 17.8 Å². The van der Waals surface area contributed by atoms with Gasteiger partial charge in [-0.15, -0.1) is 0 Å². The van der Waals surface area contributed by atoms with Crippen molar-refractivity contribution in [3.05, 3.63) is 35.1 Å². The van der Waals surface area contributed by atoms with Crippen LogP contribution in [0, 0.1) is 30.5 Å². The molecule has 3 rings (SSSR count). The van der Waals surface area contributed by atoms with Gasteiger partial charge in [-0.1, -0.05) is 6.42 Å². The highest BCUT2D eigenvalue weighted by Crippen LogP contribution is 2.49. The number of benzene rings is 1. The molecule has 0 amide bonds. The summed E-state index contributed by atoms with van der Waals surface area (Å²) < 4.78 is 13.0. The number of fused-ring (bicyclic) bond motifs is 2. The van der Waals surface area contributed by atoms with Crippen LogP contribution in [0.3, 0.4) is 0 Å². The summed E-state index contributed by atoms with van der Waals surface area (Å²) in [6, 6.07) is 4.48. The quantitative estimate of drug-likeness (QED) is 0.732. The summed E-state index contributed by atoms with van der Waals surface area (Å²) in [6.07, 6.45) is 5.90. The van der Waals surface area contributed by atoms with E-state index in [9.17, 15) is 9.18 Å². The number of halogens is 1. The Morgan fingerprint density at radius 1 is 1.33 bits per heavy atom. The highest BCUT2D eigenvalue weighted by atomic mass is 19.1. The van der Waals surface area contributed by atoms with Crippen LogP contribution in [-0.2, 0) is 0 Å². The largest absolute Gasteiger partial charge is 0.294 e. The van der Waals surface area contributed by atoms with Gasteiger partial charge in [-0.05, 0) is 67.7 Å². The molecular formula is C16H19FO. The summed E-state index contributed by atoms with van der Waals surface area (Å²) >= 11 is 0. The van der Waals surface area contributed by atoms with Crippen molar-refractivity contribution < 1.29 is 9.18 Å². The van der Waals surface area contributed by atoms with Crippen LogP contribution in [-0.4, -0.2) is 5.78 Å². The average Bonchev–Trinajstić information content (AvgIpc) is 2.90. The first-order valence-corrected chi connectivity index (χ1v) is 6.93. The summed E-state index contributed by atoms with van der Waals surface area (Å²) in [5.74, 6) is 2.18. The van der Waals surface area contributed by atoms with Gasteiger partial charge < -0.3 is 0 Å². The van der Waals surface area contributed by atoms with Crippen LogP contribution >= 0.6 is 0 Å². The third-order valence-corrected chi connectivity index (χ3v) is 4.82. The number of carbonyl (C=O) groups excluding carboxylic acids is 1. The number of ketones is 1. The van der Waals surface area contributed by atoms with Crippen LogP contribution in [0.5, 0.6) is 0 Å². The molecule has 1 aromatic rings. The number of Topliss-reactive ketones (excluding diaryl/α,β-unsaturated/α-hetero) is 1. The summed E-state index contributed by atoms with van der Waals surface area (Å²) in [5.41, 5.74) is 1.47. The molecule has 0 aromatic heterocycles. The van der Waals surface area contributed by atoms with Crippen molar-refractivity contribution >= 4 is 5.78 Å². The third-order valence-electron chi connectivity index (χ3n) is 4.82. The predicted molar refractivity (Wildman–Crippen MR) is 69.0 cm³/mol. The Morgan fingerprint density at radius 2 is 2.17 bits per heavy atom. The topological polar surface area (TPSA) is 17.1 Å². The monoisotopic (exact) mass is 246 g/mol. The summed E-state index contributed by atoms with van der Waals surface area (Å²) in [5, 5.41) is 0. The van der Waals surface area contributed by atoms with Gasteiger partial charge in [0.05, 0.1) is 0 Å². The maximum absolute atomic E-state index is 13.0. The number of hydrogen-bond donors (Lipinski definition) is 0. The molecule has 3 atom stereocenters. The summed E-state index contributed by atoms with van der Waals surface area (Å²) in [7, 11) is 0. The molecule has 2 aliphatic rings. The normalized spacial score (nSPS) is 29.8. The molecule has 0 radical (unpaired) electrons. The zero-order valence-corrected chi connectivity index (χ0v) is 10.8. The minimum absolute atomic E-state index is 0.199. The molecule has 3 unspecified atom stereocenters. The lowest BCUT2D eigenvalue weighted by Crippen LogP contribution is -2.16. The van der Waals surface area contributed by atoms with Gasteiger partial charge >= 0.3 is 0 Å². The van der Waals surface area contributed by atoms with Crippen LogP contribution in [0.15, 0.2) is 18.2 Å². The van der Waals surface area contributed by atoms with E-state index in [4.69, 9.17) is 0 Å². The molecule has 0 N–H and O–H groups in total. The fourth-order valence-corrected chi connectivity index (χ4v) is 3.91. The van der Waals surface area contributed by atoms with Crippen LogP contribution in [0.1, 0.15) is 48.0 Å². The fourth-order valence-electron chi connectivity index (χ4n) is 3.91. The second-order valence-electron chi connectivity index (χ2n) is 6.02. The molecule has 2 fully saturated rings. The minimum atomic E-state index is -0.260. The van der Waals surface area contributed by atoms with Crippen molar-refractivity contribution in [1.29, 1.82) is 0 Å². The van der Waals surface area contributed by atoms with Crippen molar-refractivity contribution in [3.8, 4) is 0 Å². The van der Waals surface area contributed by atoms with Gasteiger partial charge in [0.1, 0.15) is 5.82 Å². The van der Waals surface area contributed by atoms with E-state index in [1.807, 2.05) is 6.92 Å². The maximum atomic E-state index is 13.0. The molecule has 2 bridgehead atoms. The smallest absolute Gasteiger partial charge is 0.163 e. The highest BCUT2D eigenvalue weighted by Gasteiger charge is 2.40. The highest BCUT2D eigenvalue weighted by molar-refractivity contribution is 5.97. The first kappa shape index (κ1) is 11.9. The van der Waals surface area contributed by atoms with Crippen LogP contribution in [0.25, 0.3) is 0 Å². The van der Waals surface area contributed by atoms with Gasteiger partial charge in [0.15, 0.2) is 5.78 Å². The summed E-state index contributed by atoms with van der Waals surface area (Å²) in [4.78, 5) is 12.3. The summed E-state index contributed by atoms with van der Waals surface area (Å²) in [6.45, 7) is 1.82. The van der Waals surface area contributed by atoms with E-state index < -0.39 is 0 Å². The van der Waals surface area contributed by atoms with E-state index in [1.165, 1.54) is 37.8 Å². The van der Waals surface area contributed by atoms with E-state index in [0.29, 0.717) is 17.9 Å². The third kappa shape index (κ3) is 2.09. The molecule has 2 heteroatoms. The van der Waals surface area contributed by atoms with Crippen LogP contribution < -0.4 is 0 Å². The van der Waals surface area contributed by atoms with Crippen LogP contribution in [0.2, 0.25) is 0 Å². The van der Waals surface area contributed by atoms with Crippen molar-refractivity contribution in [2.75, 3.05) is 0 Å². The van der Waals surface area contributed by atoms with Gasteiger partial charge in [-0.2, -0.15) is 0 Å². The van der Waals surface area contributed by atoms with Crippen molar-refractivity contribution in [3.63, 3.8) is 0 Å². The molecule has 0 saturated heterocycles. The molecule has 96 valence electrons. The molecule has 2 saturated carbocycles. The van der Waals surface area contributed by atoms with Gasteiger partial charge in [-0.25, -0.2) is 4.39 Å². The number of carbonyl (C=O) groups is 1. The first-order valence-electron chi connectivity index (χ1n) is 6.93. The van der Waals surface area contributed by atoms with Gasteiger partial charge in [-0.3, -0.25) is 4.79 Å². The van der Waals surface area contributed by atoms with Gasteiger partial charge in [0.2, 0.25) is 0 Å². The number of rotatable bonds is 3. The standard InChI is InChI=1S/C16H19FO/c1-10-6-14(17)4-5-15(10)16(18)9-13-8-11-2-3-12(13)7-11/h4-6,11-13H,2-3,7-9H2,1H3. The minimum Gasteiger partial charge on any atom is -0.294 e. The van der Waals surface area contributed by atoms with Crippen LogP contribution in [0.4, 0.5) is 4.39 Å². The Hall–Kier alpha value is -1.18. The second kappa shape index (κ2) is 4.49. The SMILES string of the molecule is Cc1cc(F)ccc1C(=O)CC1CC2CCC1C2. The lowest BCUT2D eigenvalue weighted by atomic mass is 9.84. The van der Waals surface area contributed by atoms with E-state index in [2.05, 4.69) is 0 Å². The molecule has 1 nitrogen and oxygen atoms in total. The molecular weight excluding hydrogens is 227 g/mol. The Bertz CT molecular complexity index is 480. The fraction of sp³-hybridized carbons (Fsp3) is 0.562. The van der Waals surface area contributed by atoms with E-state index in [0.717, 1.165) is 17.4 Å². The maximum Gasteiger partial charge on any atom is 0.163 e. The van der Waals surface area contributed by atoms with Gasteiger partial charge in [0.25, 0.3) is 0 Å². The van der Waals surface area contributed by atoms with E-state index in [1.54, 1.807) is 6.07 Å². The Morgan fingerprint density at radius 3 is 2.78 bits per heavy atom. The Labute approximate surface area is 107 Å². The Balaban J connectivity index is 1.71. The predicted octanol–water partition coefficient (Wildman–Crippen LogP) is 4.14. The average molecular weight is 246 g/mol. The lowest BCUT2D eigenvalue weighted by Gasteiger charge is -2.21. The zero-order valence-electron chi connectivity index (χ0n) is 10.8. The van der Waals surface area contributed by atoms with Crippen molar-refractivity contribution in [2.45, 2.75) is 39.0 Å². The Kier molecular flexibility index (Phi) is 2.96. The number of aryl methyl sites for hydroxylation is 1. The van der Waals surface area contributed by atoms with E-state index in [-0.39, 0.29) is 11.6 Å². The lowest BCUT2D eigenvalue weighted by molar-refractivity contribution is 0.0943. The molecule has 18 heavy (non-hydrogen) atoms. The molecule has 2 aliphatic carbocycles. The molecule has 0 heterocycles.